The molecule has 0 N–H and O–H groups in total. The average molecular weight is 441 g/mol. The Morgan fingerprint density at radius 2 is 2.00 bits per heavy atom. The number of nitrogens with zero attached hydrogens (tertiary/aromatic N) is 2. The molecule has 7 nitrogen and oxygen atoms in total. The fraction of sp³-hybridized carbons (Fsp3) is 0.348. The molecule has 31 heavy (non-hydrogen) atoms. The van der Waals surface area contributed by atoms with Gasteiger partial charge in [-0.1, -0.05) is 18.0 Å². The van der Waals surface area contributed by atoms with Crippen LogP contribution in [0.15, 0.2) is 35.1 Å². The summed E-state index contributed by atoms with van der Waals surface area (Å²) >= 11 is 6.24. The number of benzene rings is 2. The highest BCUT2D eigenvalue weighted by molar-refractivity contribution is 6.32. The highest BCUT2D eigenvalue weighted by Crippen LogP contribution is 2.38. The Hall–Kier alpha value is -3.06. The quantitative estimate of drug-likeness (QED) is 0.574. The number of hydrogen-bond donors (Lipinski definition) is 0. The Kier molecular flexibility index (Phi) is 5.28. The first-order valence-electron chi connectivity index (χ1n) is 10.4. The molecule has 0 fully saturated rings. The molecule has 0 saturated carbocycles. The van der Waals surface area contributed by atoms with E-state index < -0.39 is 5.97 Å². The van der Waals surface area contributed by atoms with E-state index in [0.717, 1.165) is 31.5 Å². The fourth-order valence-corrected chi connectivity index (χ4v) is 4.31. The van der Waals surface area contributed by atoms with Crippen molar-refractivity contribution < 1.29 is 19.0 Å². The molecule has 160 valence electrons. The topological polar surface area (TPSA) is 79.7 Å². The van der Waals surface area contributed by atoms with Crippen molar-refractivity contribution in [1.82, 2.24) is 9.55 Å². The van der Waals surface area contributed by atoms with Gasteiger partial charge in [0.05, 0.1) is 21.5 Å². The van der Waals surface area contributed by atoms with Crippen molar-refractivity contribution in [3.63, 3.8) is 0 Å². The second-order valence-electron chi connectivity index (χ2n) is 7.71. The van der Waals surface area contributed by atoms with Crippen molar-refractivity contribution in [2.24, 2.45) is 0 Å². The molecule has 0 unspecified atom stereocenters. The monoisotopic (exact) mass is 440 g/mol. The lowest BCUT2D eigenvalue weighted by molar-refractivity contribution is 0.0472. The number of carbonyl (C=O) groups is 1. The van der Waals surface area contributed by atoms with Gasteiger partial charge in [-0.05, 0) is 48.7 Å². The van der Waals surface area contributed by atoms with E-state index in [0.29, 0.717) is 58.3 Å². The first kappa shape index (κ1) is 19.9. The van der Waals surface area contributed by atoms with Crippen LogP contribution >= 0.6 is 11.6 Å². The van der Waals surface area contributed by atoms with Gasteiger partial charge in [-0.3, -0.25) is 9.36 Å². The molecule has 2 aromatic carbocycles. The zero-order chi connectivity index (χ0) is 21.4. The van der Waals surface area contributed by atoms with E-state index in [2.05, 4.69) is 4.98 Å². The number of rotatable bonds is 3. The summed E-state index contributed by atoms with van der Waals surface area (Å²) < 4.78 is 18.3. The Morgan fingerprint density at radius 3 is 2.90 bits per heavy atom. The minimum Gasteiger partial charge on any atom is -0.486 e. The van der Waals surface area contributed by atoms with Crippen LogP contribution in [-0.4, -0.2) is 28.7 Å². The molecule has 5 rings (SSSR count). The highest BCUT2D eigenvalue weighted by Gasteiger charge is 2.19. The molecule has 1 aromatic heterocycles. The van der Waals surface area contributed by atoms with Gasteiger partial charge in [0.1, 0.15) is 25.6 Å². The first-order chi connectivity index (χ1) is 15.1. The van der Waals surface area contributed by atoms with Crippen LogP contribution in [0.1, 0.15) is 41.0 Å². The van der Waals surface area contributed by atoms with Crippen molar-refractivity contribution in [2.45, 2.75) is 38.8 Å². The number of ether oxygens (including phenoxy) is 3. The number of aryl methyl sites for hydroxylation is 1. The van der Waals surface area contributed by atoms with Gasteiger partial charge in [0.25, 0.3) is 5.56 Å². The molecule has 2 aliphatic rings. The van der Waals surface area contributed by atoms with Crippen molar-refractivity contribution in [3.8, 4) is 11.5 Å². The third kappa shape index (κ3) is 3.85. The van der Waals surface area contributed by atoms with Gasteiger partial charge in [0.2, 0.25) is 0 Å². The molecule has 3 aromatic rings. The zero-order valence-corrected chi connectivity index (χ0v) is 17.6. The molecule has 3 heterocycles. The van der Waals surface area contributed by atoms with Gasteiger partial charge in [-0.25, -0.2) is 9.78 Å². The summed E-state index contributed by atoms with van der Waals surface area (Å²) in [6, 6.07) is 8.34. The van der Waals surface area contributed by atoms with Gasteiger partial charge >= 0.3 is 5.97 Å². The lowest BCUT2D eigenvalue weighted by atomic mass is 10.1. The minimum absolute atomic E-state index is 0.0352. The number of fused-ring (bicyclic) bond motifs is 3. The highest BCUT2D eigenvalue weighted by atomic mass is 35.5. The van der Waals surface area contributed by atoms with Crippen LogP contribution in [0.2, 0.25) is 5.02 Å². The summed E-state index contributed by atoms with van der Waals surface area (Å²) in [4.78, 5) is 30.1. The molecule has 8 heteroatoms. The molecular formula is C23H21ClN2O5. The van der Waals surface area contributed by atoms with Gasteiger partial charge < -0.3 is 14.2 Å². The molecule has 0 radical (unpaired) electrons. The summed E-state index contributed by atoms with van der Waals surface area (Å²) in [7, 11) is 0. The van der Waals surface area contributed by atoms with Crippen molar-refractivity contribution in [3.05, 3.63) is 62.7 Å². The minimum atomic E-state index is -0.496. The van der Waals surface area contributed by atoms with Gasteiger partial charge in [0, 0.05) is 13.0 Å². The predicted octanol–water partition coefficient (Wildman–Crippen LogP) is 3.90. The second-order valence-corrected chi connectivity index (χ2v) is 8.11. The smallest absolute Gasteiger partial charge is 0.338 e. The van der Waals surface area contributed by atoms with E-state index in [1.807, 2.05) is 0 Å². The molecule has 2 aliphatic heterocycles. The number of esters is 1. The molecular weight excluding hydrogens is 420 g/mol. The number of hydrogen-bond acceptors (Lipinski definition) is 6. The van der Waals surface area contributed by atoms with Gasteiger partial charge in [0.15, 0.2) is 11.5 Å². The molecule has 0 aliphatic carbocycles. The maximum absolute atomic E-state index is 12.8. The summed E-state index contributed by atoms with van der Waals surface area (Å²) in [5.74, 6) is 1.34. The summed E-state index contributed by atoms with van der Waals surface area (Å²) in [6.45, 7) is 1.62. The maximum atomic E-state index is 12.8. The van der Waals surface area contributed by atoms with Crippen LogP contribution in [-0.2, 0) is 24.3 Å². The molecule has 0 amide bonds. The average Bonchev–Trinajstić information content (AvgIpc) is 3.03. The second kappa shape index (κ2) is 8.23. The lowest BCUT2D eigenvalue weighted by Crippen LogP contribution is -2.24. The van der Waals surface area contributed by atoms with Crippen LogP contribution in [0.5, 0.6) is 11.5 Å². The van der Waals surface area contributed by atoms with Crippen LogP contribution in [0, 0.1) is 0 Å². The summed E-state index contributed by atoms with van der Waals surface area (Å²) in [5, 5.41) is 0.931. The van der Waals surface area contributed by atoms with Crippen molar-refractivity contribution in [1.29, 1.82) is 0 Å². The SMILES string of the molecule is O=C(OCc1cc(Cl)c2c(c1)OCCO2)c1ccc2c(=O)n3c(nc2c1)CCCCC3. The van der Waals surface area contributed by atoms with Crippen LogP contribution in [0.25, 0.3) is 10.9 Å². The van der Waals surface area contributed by atoms with Crippen LogP contribution < -0.4 is 15.0 Å². The Labute approximate surface area is 183 Å². The van der Waals surface area contributed by atoms with E-state index in [1.165, 1.54) is 0 Å². The van der Waals surface area contributed by atoms with E-state index in [-0.39, 0.29) is 12.2 Å². The van der Waals surface area contributed by atoms with E-state index in [4.69, 9.17) is 25.8 Å². The number of aromatic nitrogens is 2. The normalized spacial score (nSPS) is 15.3. The van der Waals surface area contributed by atoms with Gasteiger partial charge in [-0.2, -0.15) is 0 Å². The Bertz CT molecular complexity index is 1240. The van der Waals surface area contributed by atoms with Crippen LogP contribution in [0.3, 0.4) is 0 Å². The lowest BCUT2D eigenvalue weighted by Gasteiger charge is -2.20. The molecule has 0 saturated heterocycles. The van der Waals surface area contributed by atoms with Gasteiger partial charge in [-0.15, -0.1) is 0 Å². The summed E-state index contributed by atoms with van der Waals surface area (Å²) in [5.41, 5.74) is 1.52. The largest absolute Gasteiger partial charge is 0.486 e. The third-order valence-corrected chi connectivity index (χ3v) is 5.86. The van der Waals surface area contributed by atoms with Crippen molar-refractivity contribution in [2.75, 3.05) is 13.2 Å². The zero-order valence-electron chi connectivity index (χ0n) is 16.9. The van der Waals surface area contributed by atoms with Crippen molar-refractivity contribution >= 4 is 28.5 Å². The fourth-order valence-electron chi connectivity index (χ4n) is 4.03. The molecule has 0 bridgehead atoms. The summed E-state index contributed by atoms with van der Waals surface area (Å²) in [6.07, 6.45) is 3.84. The van der Waals surface area contributed by atoms with E-state index in [9.17, 15) is 9.59 Å². The standard InChI is InChI=1S/C23H21ClN2O5/c24-17-10-14(11-19-21(17)30-9-8-29-19)13-31-23(28)15-5-6-16-18(12-15)25-20-4-2-1-3-7-26(20)22(16)27/h5-6,10-12H,1-4,7-9,13H2. The first-order valence-corrected chi connectivity index (χ1v) is 10.8. The molecule has 0 spiro atoms. The Morgan fingerprint density at radius 1 is 1.13 bits per heavy atom. The Balaban J connectivity index is 1.38. The van der Waals surface area contributed by atoms with Crippen LogP contribution in [0.4, 0.5) is 0 Å². The maximum Gasteiger partial charge on any atom is 0.338 e. The van der Waals surface area contributed by atoms with E-state index in [1.54, 1.807) is 34.9 Å². The predicted molar refractivity (Wildman–Crippen MR) is 115 cm³/mol. The number of halogens is 1. The number of carbonyl (C=O) groups excluding carboxylic acids is 1. The molecule has 0 atom stereocenters. The van der Waals surface area contributed by atoms with E-state index >= 15 is 0 Å². The third-order valence-electron chi connectivity index (χ3n) is 5.58.